The number of fused-ring (bicyclic) bond motifs is 1. The fourth-order valence-corrected chi connectivity index (χ4v) is 8.99. The van der Waals surface area contributed by atoms with Gasteiger partial charge in [0.15, 0.2) is 29.1 Å². The van der Waals surface area contributed by atoms with Gasteiger partial charge in [-0.15, -0.1) is 5.10 Å². The van der Waals surface area contributed by atoms with E-state index in [1.54, 1.807) is 43.2 Å². The molecule has 2 N–H and O–H groups in total. The quantitative estimate of drug-likeness (QED) is 0.187. The second-order valence-electron chi connectivity index (χ2n) is 17.0. The van der Waals surface area contributed by atoms with Gasteiger partial charge in [0, 0.05) is 55.9 Å². The summed E-state index contributed by atoms with van der Waals surface area (Å²) >= 11 is 0. The number of nitrogens with one attached hydrogen (secondary N) is 1. The van der Waals surface area contributed by atoms with Gasteiger partial charge in [-0.05, 0) is 86.5 Å². The Balaban J connectivity index is 1.50. The van der Waals surface area contributed by atoms with Crippen LogP contribution in [0.2, 0.25) is 0 Å². The first-order valence-electron chi connectivity index (χ1n) is 20.2. The normalized spacial score (nSPS) is 37.8. The molecule has 0 aromatic carbocycles. The number of hydrogen-bond donors (Lipinski definition) is 2. The Labute approximate surface area is 339 Å². The minimum absolute atomic E-state index is 0.123. The van der Waals surface area contributed by atoms with Gasteiger partial charge in [-0.3, -0.25) is 24.0 Å². The molecule has 0 spiro atoms. The Hall–Kier alpha value is -3.90. The summed E-state index contributed by atoms with van der Waals surface area (Å²) in [5.41, 5.74) is -4.48. The SMILES string of the molecule is CC[C@H]1OC(=O)[C@H](C)C(=O)[C@H](C)[C@@H](O[C@@H]2O[C@H](C)C[C@H](N(C)C)[C@H]2O)[C@](C)(OC)C[C@](C)(F)C(=O)[C@H](CCCCn2cc(-c3cccnc3)nn2)[C@@H]2NC(=O)O[C@]12C. The average Bonchev–Trinajstić information content (AvgIpc) is 3.79. The number of ketones is 2. The van der Waals surface area contributed by atoms with E-state index in [2.05, 4.69) is 20.6 Å². The number of likely N-dealkylation sites (N-methyl/N-ethyl adjacent to an activating group) is 1. The summed E-state index contributed by atoms with van der Waals surface area (Å²) < 4.78 is 49.7. The van der Waals surface area contributed by atoms with E-state index in [4.69, 9.17) is 23.7 Å². The highest BCUT2D eigenvalue weighted by atomic mass is 19.1. The standard InChI is InChI=1S/C41H61FN6O10/c1-11-30-41(7)33(44-38(53)58-41)27(16-12-13-18-48-21-28(45-46-48)26-15-14-17-43-20-26)34(51)39(5,42)22-40(6,54-10)35(24(3)31(49)25(4)36(52)56-30)57-37-32(50)29(47(8)9)19-23(2)55-37/h14-15,17,20-21,23-25,27,29-30,32-33,35,37,50H,11-13,16,18-19,22H2,1-10H3,(H,44,53)/t23-,24+,25-,27-,29+,30-,32-,33+,35-,37+,39+,40-,41-/m1/s1. The molecule has 16 nitrogen and oxygen atoms in total. The highest BCUT2D eigenvalue weighted by Gasteiger charge is 2.60. The third kappa shape index (κ3) is 9.43. The van der Waals surface area contributed by atoms with Crippen LogP contribution in [0.4, 0.5) is 9.18 Å². The number of esters is 1. The fraction of sp³-hybridized carbons (Fsp3) is 0.732. The van der Waals surface area contributed by atoms with Crippen molar-refractivity contribution >= 4 is 23.6 Å². The number of cyclic esters (lactones) is 1. The molecule has 17 heteroatoms. The predicted octanol–water partition coefficient (Wildman–Crippen LogP) is 4.07. The van der Waals surface area contributed by atoms with Gasteiger partial charge in [0.05, 0.1) is 30.0 Å². The molecule has 2 aromatic rings. The Bertz CT molecular complexity index is 1760. The lowest BCUT2D eigenvalue weighted by atomic mass is 9.71. The number of carbonyl (C=O) groups is 4. The number of rotatable bonds is 11. The molecule has 0 radical (unpaired) electrons. The van der Waals surface area contributed by atoms with Crippen LogP contribution in [0, 0.1) is 17.8 Å². The number of Topliss-reactive ketones (excluding diaryl/α,β-unsaturated/α-hetero) is 2. The van der Waals surface area contributed by atoms with E-state index in [1.165, 1.54) is 27.9 Å². The van der Waals surface area contributed by atoms with Gasteiger partial charge in [-0.1, -0.05) is 25.5 Å². The summed E-state index contributed by atoms with van der Waals surface area (Å²) in [6.45, 7) is 11.2. The molecular formula is C41H61FN6O10. The molecule has 5 rings (SSSR count). The lowest BCUT2D eigenvalue weighted by molar-refractivity contribution is -0.296. The lowest BCUT2D eigenvalue weighted by Gasteiger charge is -2.47. The molecule has 58 heavy (non-hydrogen) atoms. The second kappa shape index (κ2) is 18.2. The minimum atomic E-state index is -2.63. The van der Waals surface area contributed by atoms with E-state index in [0.29, 0.717) is 31.5 Å². The van der Waals surface area contributed by atoms with Crippen molar-refractivity contribution in [2.75, 3.05) is 21.2 Å². The van der Waals surface area contributed by atoms with Crippen molar-refractivity contribution in [1.82, 2.24) is 30.2 Å². The van der Waals surface area contributed by atoms with Crippen LogP contribution in [0.5, 0.6) is 0 Å². The summed E-state index contributed by atoms with van der Waals surface area (Å²) in [5.74, 6) is -5.94. The molecule has 3 fully saturated rings. The molecule has 3 aliphatic heterocycles. The minimum Gasteiger partial charge on any atom is -0.458 e. The molecular weight excluding hydrogens is 755 g/mol. The van der Waals surface area contributed by atoms with Crippen LogP contribution >= 0.6 is 0 Å². The van der Waals surface area contributed by atoms with Gasteiger partial charge < -0.3 is 39.0 Å². The number of unbranched alkanes of at least 4 members (excludes halogenated alkanes) is 1. The first-order valence-corrected chi connectivity index (χ1v) is 20.2. The number of pyridine rings is 1. The van der Waals surface area contributed by atoms with Gasteiger partial charge in [-0.2, -0.15) is 0 Å². The molecule has 0 aliphatic carbocycles. The van der Waals surface area contributed by atoms with Crippen molar-refractivity contribution in [3.63, 3.8) is 0 Å². The lowest BCUT2D eigenvalue weighted by Crippen LogP contribution is -2.62. The molecule has 0 bridgehead atoms. The Morgan fingerprint density at radius 3 is 2.48 bits per heavy atom. The van der Waals surface area contributed by atoms with Crippen molar-refractivity contribution in [3.05, 3.63) is 30.7 Å². The topological polar surface area (TPSA) is 194 Å². The number of ether oxygens (including phenoxy) is 5. The summed E-state index contributed by atoms with van der Waals surface area (Å²) in [5, 5.41) is 22.7. The maximum atomic E-state index is 17.7. The van der Waals surface area contributed by atoms with Crippen LogP contribution in [0.1, 0.15) is 87.0 Å². The largest absolute Gasteiger partial charge is 0.458 e. The van der Waals surface area contributed by atoms with Crippen LogP contribution < -0.4 is 5.32 Å². The predicted molar refractivity (Wildman–Crippen MR) is 208 cm³/mol. The number of hydrogen-bond acceptors (Lipinski definition) is 14. The number of aliphatic hydroxyl groups is 1. The molecule has 2 aromatic heterocycles. The fourth-order valence-electron chi connectivity index (χ4n) is 8.99. The number of amides is 1. The van der Waals surface area contributed by atoms with E-state index in [9.17, 15) is 24.3 Å². The Morgan fingerprint density at radius 2 is 1.84 bits per heavy atom. The van der Waals surface area contributed by atoms with E-state index >= 15 is 4.39 Å². The van der Waals surface area contributed by atoms with Gasteiger partial charge in [0.2, 0.25) is 0 Å². The molecule has 322 valence electrons. The molecule has 3 saturated heterocycles. The van der Waals surface area contributed by atoms with Gasteiger partial charge in [0.1, 0.15) is 23.8 Å². The van der Waals surface area contributed by atoms with Crippen LogP contribution in [0.3, 0.4) is 0 Å². The summed E-state index contributed by atoms with van der Waals surface area (Å²) in [6.07, 6.45) is 0.211. The number of methoxy groups -OCH3 is 1. The van der Waals surface area contributed by atoms with Crippen molar-refractivity contribution in [3.8, 4) is 11.3 Å². The number of alkyl carbamates (subject to hydrolysis) is 1. The van der Waals surface area contributed by atoms with Crippen LogP contribution in [0.15, 0.2) is 30.7 Å². The van der Waals surface area contributed by atoms with Crippen LogP contribution in [-0.4, -0.2) is 134 Å². The monoisotopic (exact) mass is 816 g/mol. The molecule has 0 saturated carbocycles. The zero-order valence-electron chi connectivity index (χ0n) is 35.3. The zero-order chi connectivity index (χ0) is 42.7. The third-order valence-corrected chi connectivity index (χ3v) is 12.4. The maximum Gasteiger partial charge on any atom is 0.408 e. The number of aromatic nitrogens is 4. The highest BCUT2D eigenvalue weighted by molar-refractivity contribution is 6.00. The maximum absolute atomic E-state index is 17.7. The molecule has 3 aliphatic rings. The van der Waals surface area contributed by atoms with Gasteiger partial charge in [0.25, 0.3) is 0 Å². The number of carbonyl (C=O) groups excluding carboxylic acids is 4. The van der Waals surface area contributed by atoms with Gasteiger partial charge in [-0.25, -0.2) is 9.18 Å². The molecule has 13 atom stereocenters. The van der Waals surface area contributed by atoms with Crippen molar-refractivity contribution in [2.45, 2.75) is 153 Å². The van der Waals surface area contributed by atoms with E-state index < -0.39 is 95.3 Å². The summed E-state index contributed by atoms with van der Waals surface area (Å²) in [6, 6.07) is 2.19. The first kappa shape index (κ1) is 45.2. The van der Waals surface area contributed by atoms with Crippen LogP contribution in [-0.2, 0) is 44.6 Å². The second-order valence-corrected chi connectivity index (χ2v) is 17.0. The van der Waals surface area contributed by atoms with E-state index in [0.717, 1.165) is 12.5 Å². The summed E-state index contributed by atoms with van der Waals surface area (Å²) in [7, 11) is 4.97. The third-order valence-electron chi connectivity index (χ3n) is 12.4. The average molecular weight is 817 g/mol. The molecule has 5 heterocycles. The number of halogens is 1. The van der Waals surface area contributed by atoms with E-state index in [1.807, 2.05) is 32.0 Å². The number of aryl methyl sites for hydroxylation is 1. The highest BCUT2D eigenvalue weighted by Crippen LogP contribution is 2.43. The van der Waals surface area contributed by atoms with Crippen molar-refractivity contribution in [1.29, 1.82) is 0 Å². The van der Waals surface area contributed by atoms with Crippen LogP contribution in [0.25, 0.3) is 11.3 Å². The zero-order valence-corrected chi connectivity index (χ0v) is 35.3. The molecule has 0 unspecified atom stereocenters. The van der Waals surface area contributed by atoms with Crippen molar-refractivity contribution in [2.24, 2.45) is 17.8 Å². The Morgan fingerprint density at radius 1 is 1.12 bits per heavy atom. The van der Waals surface area contributed by atoms with Crippen molar-refractivity contribution < 1.29 is 52.4 Å². The number of alkyl halides is 1. The number of aliphatic hydroxyl groups excluding tert-OH is 1. The molecule has 1 amide bonds. The number of nitrogens with zero attached hydrogens (tertiary/aromatic N) is 5. The van der Waals surface area contributed by atoms with Gasteiger partial charge >= 0.3 is 12.1 Å². The smallest absolute Gasteiger partial charge is 0.408 e. The Kier molecular flexibility index (Phi) is 14.1. The summed E-state index contributed by atoms with van der Waals surface area (Å²) in [4.78, 5) is 62.0. The van der Waals surface area contributed by atoms with E-state index in [-0.39, 0.29) is 25.0 Å². The first-order chi connectivity index (χ1) is 27.3.